The number of benzene rings is 1. The second-order valence-corrected chi connectivity index (χ2v) is 8.95. The third kappa shape index (κ3) is 4.19. The zero-order chi connectivity index (χ0) is 20.3. The van der Waals surface area contributed by atoms with Crippen molar-refractivity contribution in [3.8, 4) is 0 Å². The normalized spacial score (nSPS) is 19.4. The first kappa shape index (κ1) is 19.5. The Morgan fingerprint density at radius 3 is 2.77 bits per heavy atom. The van der Waals surface area contributed by atoms with Crippen LogP contribution < -0.4 is 20.6 Å². The average Bonchev–Trinajstić information content (AvgIpc) is 3.24. The van der Waals surface area contributed by atoms with Gasteiger partial charge < -0.3 is 4.90 Å². The quantitative estimate of drug-likeness (QED) is 0.489. The summed E-state index contributed by atoms with van der Waals surface area (Å²) < 4.78 is 1.11. The maximum Gasteiger partial charge on any atom is 0.136 e. The van der Waals surface area contributed by atoms with Crippen LogP contribution in [0.4, 0.5) is 5.82 Å². The predicted octanol–water partition coefficient (Wildman–Crippen LogP) is 2.16. The fourth-order valence-electron chi connectivity index (χ4n) is 4.27. The summed E-state index contributed by atoms with van der Waals surface area (Å²) in [7, 11) is 0. The van der Waals surface area contributed by atoms with Crippen molar-refractivity contribution >= 4 is 34.3 Å². The van der Waals surface area contributed by atoms with E-state index in [2.05, 4.69) is 57.6 Å². The summed E-state index contributed by atoms with van der Waals surface area (Å²) in [5, 5.41) is 6.18. The van der Waals surface area contributed by atoms with E-state index >= 15 is 0 Å². The van der Waals surface area contributed by atoms with Gasteiger partial charge >= 0.3 is 0 Å². The van der Waals surface area contributed by atoms with Crippen LogP contribution in [-0.2, 0) is 0 Å². The maximum atomic E-state index is 6.15. The summed E-state index contributed by atoms with van der Waals surface area (Å²) in [5.74, 6) is 7.25. The molecular formula is C23H28N6S. The van der Waals surface area contributed by atoms with E-state index in [0.717, 1.165) is 66.8 Å². The molecule has 1 atom stereocenters. The predicted molar refractivity (Wildman–Crippen MR) is 124 cm³/mol. The Kier molecular flexibility index (Phi) is 5.66. The van der Waals surface area contributed by atoms with Crippen molar-refractivity contribution in [3.63, 3.8) is 0 Å². The zero-order valence-corrected chi connectivity index (χ0v) is 18.0. The van der Waals surface area contributed by atoms with Crippen molar-refractivity contribution in [1.29, 1.82) is 0 Å². The first-order chi connectivity index (χ1) is 14.8. The van der Waals surface area contributed by atoms with E-state index in [1.165, 1.54) is 11.8 Å². The molecule has 3 aromatic rings. The fourth-order valence-corrected chi connectivity index (χ4v) is 5.05. The van der Waals surface area contributed by atoms with Gasteiger partial charge in [-0.3, -0.25) is 9.91 Å². The maximum absolute atomic E-state index is 6.15. The van der Waals surface area contributed by atoms with Crippen LogP contribution in [0, 0.1) is 0 Å². The summed E-state index contributed by atoms with van der Waals surface area (Å²) in [6.45, 7) is 5.41. The highest BCUT2D eigenvalue weighted by atomic mass is 32.1. The molecule has 2 aromatic heterocycles. The molecule has 0 bridgehead atoms. The largest absolute Gasteiger partial charge is 0.354 e. The molecule has 1 saturated heterocycles. The zero-order valence-electron chi connectivity index (χ0n) is 17.2. The molecule has 0 radical (unpaired) electrons. The van der Waals surface area contributed by atoms with Gasteiger partial charge in [0, 0.05) is 43.0 Å². The first-order valence-corrected chi connectivity index (χ1v) is 11.6. The Morgan fingerprint density at radius 2 is 1.87 bits per heavy atom. The number of thiophene rings is 1. The summed E-state index contributed by atoms with van der Waals surface area (Å²) in [4.78, 5) is 14.6. The molecule has 1 unspecified atom stereocenters. The number of nitrogens with zero attached hydrogens (tertiary/aromatic N) is 5. The van der Waals surface area contributed by atoms with Crippen LogP contribution in [-0.4, -0.2) is 53.8 Å². The second kappa shape index (κ2) is 8.71. The van der Waals surface area contributed by atoms with Crippen LogP contribution in [0.2, 0.25) is 0 Å². The van der Waals surface area contributed by atoms with Crippen molar-refractivity contribution in [3.05, 3.63) is 57.7 Å². The number of aromatic nitrogens is 1. The molecule has 2 N–H and O–H groups in total. The number of hydrazine groups is 1. The topological polar surface area (TPSA) is 61.0 Å². The summed E-state index contributed by atoms with van der Waals surface area (Å²) >= 11 is 1.69. The highest BCUT2D eigenvalue weighted by molar-refractivity contribution is 7.07. The summed E-state index contributed by atoms with van der Waals surface area (Å²) in [6.07, 6.45) is 5.43. The van der Waals surface area contributed by atoms with E-state index in [1.807, 2.05) is 6.20 Å². The van der Waals surface area contributed by atoms with Crippen LogP contribution >= 0.6 is 11.3 Å². The van der Waals surface area contributed by atoms with Crippen molar-refractivity contribution in [1.82, 2.24) is 14.9 Å². The van der Waals surface area contributed by atoms with Crippen LogP contribution in [0.25, 0.3) is 17.1 Å². The summed E-state index contributed by atoms with van der Waals surface area (Å²) in [5.41, 5.74) is 1.08. The van der Waals surface area contributed by atoms with Crippen molar-refractivity contribution in [2.24, 2.45) is 10.8 Å². The number of unbranched alkanes of at least 4 members (excludes halogenated alkanes) is 1. The highest BCUT2D eigenvalue weighted by Crippen LogP contribution is 2.19. The Hall–Kier alpha value is -2.48. The third-order valence-corrected chi connectivity index (χ3v) is 6.88. The SMILES string of the molecule is NN1C=c2ccsc2=NC1CCCCN1CCN(c2ccc3ccccc3n2)CC1. The Balaban J connectivity index is 1.07. The van der Waals surface area contributed by atoms with Gasteiger partial charge in [0.25, 0.3) is 0 Å². The minimum absolute atomic E-state index is 0.0759. The molecule has 6 nitrogen and oxygen atoms in total. The molecule has 1 aromatic carbocycles. The van der Waals surface area contributed by atoms with Gasteiger partial charge in [-0.25, -0.2) is 15.8 Å². The Bertz CT molecular complexity index is 1120. The van der Waals surface area contributed by atoms with Gasteiger partial charge in [0.1, 0.15) is 16.7 Å². The van der Waals surface area contributed by atoms with E-state index in [9.17, 15) is 0 Å². The second-order valence-electron chi connectivity index (χ2n) is 8.05. The number of pyridine rings is 1. The lowest BCUT2D eigenvalue weighted by Crippen LogP contribution is -2.47. The number of fused-ring (bicyclic) bond motifs is 2. The molecule has 7 heteroatoms. The number of hydrogen-bond acceptors (Lipinski definition) is 7. The molecule has 2 aliphatic rings. The third-order valence-electron chi connectivity index (χ3n) is 6.04. The van der Waals surface area contributed by atoms with Crippen LogP contribution in [0.15, 0.2) is 52.8 Å². The van der Waals surface area contributed by atoms with Gasteiger partial charge in [-0.05, 0) is 55.5 Å². The number of hydrogen-bond donors (Lipinski definition) is 1. The van der Waals surface area contributed by atoms with Crippen LogP contribution in [0.5, 0.6) is 0 Å². The lowest BCUT2D eigenvalue weighted by Gasteiger charge is -2.35. The van der Waals surface area contributed by atoms with Gasteiger partial charge in [-0.1, -0.05) is 18.2 Å². The van der Waals surface area contributed by atoms with E-state index in [4.69, 9.17) is 15.8 Å². The van der Waals surface area contributed by atoms with E-state index in [-0.39, 0.29) is 6.17 Å². The molecule has 0 spiro atoms. The minimum Gasteiger partial charge on any atom is -0.354 e. The van der Waals surface area contributed by atoms with Gasteiger partial charge in [-0.2, -0.15) is 0 Å². The standard InChI is InChI=1S/C23H28N6S/c24-29-17-19-10-16-30-23(19)26-22(29)7-3-4-11-27-12-14-28(15-13-27)21-9-8-18-5-1-2-6-20(18)25-21/h1-2,5-6,8-10,16-17,22H,3-4,7,11-15,24H2. The lowest BCUT2D eigenvalue weighted by atomic mass is 10.1. The molecule has 156 valence electrons. The molecule has 0 saturated carbocycles. The number of rotatable bonds is 6. The number of anilines is 1. The molecular weight excluding hydrogens is 392 g/mol. The minimum atomic E-state index is 0.0759. The monoisotopic (exact) mass is 420 g/mol. The highest BCUT2D eigenvalue weighted by Gasteiger charge is 2.19. The fraction of sp³-hybridized carbons (Fsp3) is 0.391. The number of piperazine rings is 1. The van der Waals surface area contributed by atoms with Gasteiger partial charge in [0.05, 0.1) is 5.52 Å². The van der Waals surface area contributed by atoms with E-state index in [1.54, 1.807) is 16.3 Å². The molecule has 0 aliphatic carbocycles. The molecule has 5 rings (SSSR count). The van der Waals surface area contributed by atoms with Crippen molar-refractivity contribution < 1.29 is 0 Å². The molecule has 1 fully saturated rings. The Morgan fingerprint density at radius 1 is 1.00 bits per heavy atom. The van der Waals surface area contributed by atoms with Gasteiger partial charge in [0.15, 0.2) is 0 Å². The summed E-state index contributed by atoms with van der Waals surface area (Å²) in [6, 6.07) is 14.7. The average molecular weight is 421 g/mol. The molecule has 4 heterocycles. The number of nitrogens with two attached hydrogens (primary N) is 1. The number of para-hydroxylation sites is 1. The smallest absolute Gasteiger partial charge is 0.136 e. The molecule has 30 heavy (non-hydrogen) atoms. The van der Waals surface area contributed by atoms with E-state index < -0.39 is 0 Å². The van der Waals surface area contributed by atoms with Crippen LogP contribution in [0.3, 0.4) is 0 Å². The van der Waals surface area contributed by atoms with Crippen molar-refractivity contribution in [2.45, 2.75) is 25.4 Å². The van der Waals surface area contributed by atoms with Gasteiger partial charge in [0.2, 0.25) is 0 Å². The first-order valence-electron chi connectivity index (χ1n) is 10.8. The Labute approximate surface area is 180 Å². The van der Waals surface area contributed by atoms with E-state index in [0.29, 0.717) is 0 Å². The molecule has 0 amide bonds. The van der Waals surface area contributed by atoms with Gasteiger partial charge in [-0.15, -0.1) is 11.3 Å². The molecule has 2 aliphatic heterocycles. The van der Waals surface area contributed by atoms with Crippen molar-refractivity contribution in [2.75, 3.05) is 37.6 Å². The lowest BCUT2D eigenvalue weighted by molar-refractivity contribution is 0.241. The van der Waals surface area contributed by atoms with Crippen LogP contribution in [0.1, 0.15) is 19.3 Å².